The number of aliphatic carboxylic acids is 1. The van der Waals surface area contributed by atoms with Crippen LogP contribution in [0.15, 0.2) is 12.1 Å². The van der Waals surface area contributed by atoms with E-state index in [1.807, 2.05) is 26.0 Å². The second-order valence-electron chi connectivity index (χ2n) is 5.53. The van der Waals surface area contributed by atoms with Crippen LogP contribution in [0.2, 0.25) is 0 Å². The van der Waals surface area contributed by atoms with Crippen molar-refractivity contribution in [2.24, 2.45) is 0 Å². The molecule has 1 aromatic rings. The summed E-state index contributed by atoms with van der Waals surface area (Å²) >= 11 is 0. The first-order valence-electron chi connectivity index (χ1n) is 6.91. The van der Waals surface area contributed by atoms with E-state index in [1.54, 1.807) is 7.11 Å². The third kappa shape index (κ3) is 2.22. The standard InChI is InChI=1S/C16H22O3/c1-11-7-8-13(19-3)14(12(11)2)16(15(17)18)9-5-4-6-10-16/h7-8H,4-6,9-10H2,1-3H3,(H,17,18). The van der Waals surface area contributed by atoms with E-state index < -0.39 is 11.4 Å². The normalized spacial score (nSPS) is 18.1. The van der Waals surface area contributed by atoms with Gasteiger partial charge in [-0.05, 0) is 43.9 Å². The Hall–Kier alpha value is -1.51. The molecule has 1 aliphatic rings. The van der Waals surface area contributed by atoms with Crippen molar-refractivity contribution in [3.8, 4) is 5.75 Å². The van der Waals surface area contributed by atoms with Crippen LogP contribution in [0.5, 0.6) is 5.75 Å². The van der Waals surface area contributed by atoms with E-state index in [0.717, 1.165) is 36.0 Å². The van der Waals surface area contributed by atoms with Gasteiger partial charge in [0.15, 0.2) is 0 Å². The molecule has 19 heavy (non-hydrogen) atoms. The largest absolute Gasteiger partial charge is 0.496 e. The van der Waals surface area contributed by atoms with E-state index in [9.17, 15) is 9.90 Å². The molecule has 1 saturated carbocycles. The highest BCUT2D eigenvalue weighted by Crippen LogP contribution is 2.45. The van der Waals surface area contributed by atoms with Gasteiger partial charge in [0, 0.05) is 5.56 Å². The molecule has 2 rings (SSSR count). The molecule has 0 amide bonds. The van der Waals surface area contributed by atoms with Crippen molar-refractivity contribution < 1.29 is 14.6 Å². The van der Waals surface area contributed by atoms with Crippen molar-refractivity contribution in [2.45, 2.75) is 51.4 Å². The SMILES string of the molecule is COc1ccc(C)c(C)c1C1(C(=O)O)CCCCC1. The van der Waals surface area contributed by atoms with Gasteiger partial charge in [-0.25, -0.2) is 0 Å². The molecule has 0 saturated heterocycles. The zero-order chi connectivity index (χ0) is 14.0. The third-order valence-electron chi connectivity index (χ3n) is 4.51. The average molecular weight is 262 g/mol. The summed E-state index contributed by atoms with van der Waals surface area (Å²) in [5.41, 5.74) is 2.31. The maximum absolute atomic E-state index is 12.0. The van der Waals surface area contributed by atoms with Gasteiger partial charge >= 0.3 is 5.97 Å². The van der Waals surface area contributed by atoms with E-state index in [0.29, 0.717) is 18.6 Å². The summed E-state index contributed by atoms with van der Waals surface area (Å²) in [6.45, 7) is 4.03. The number of aryl methyl sites for hydroxylation is 1. The summed E-state index contributed by atoms with van der Waals surface area (Å²) in [5, 5.41) is 9.82. The van der Waals surface area contributed by atoms with Gasteiger partial charge in [-0.15, -0.1) is 0 Å². The summed E-state index contributed by atoms with van der Waals surface area (Å²) in [4.78, 5) is 12.0. The number of hydrogen-bond donors (Lipinski definition) is 1. The molecule has 0 heterocycles. The minimum absolute atomic E-state index is 0.709. The number of rotatable bonds is 3. The summed E-state index contributed by atoms with van der Waals surface area (Å²) < 4.78 is 5.45. The van der Waals surface area contributed by atoms with Crippen molar-refractivity contribution in [3.63, 3.8) is 0 Å². The maximum Gasteiger partial charge on any atom is 0.314 e. The van der Waals surface area contributed by atoms with Crippen molar-refractivity contribution >= 4 is 5.97 Å². The lowest BCUT2D eigenvalue weighted by Crippen LogP contribution is -2.39. The lowest BCUT2D eigenvalue weighted by Gasteiger charge is -2.36. The van der Waals surface area contributed by atoms with Crippen molar-refractivity contribution in [3.05, 3.63) is 28.8 Å². The van der Waals surface area contributed by atoms with Crippen molar-refractivity contribution in [1.82, 2.24) is 0 Å². The van der Waals surface area contributed by atoms with E-state index in [2.05, 4.69) is 0 Å². The van der Waals surface area contributed by atoms with Gasteiger partial charge in [-0.3, -0.25) is 4.79 Å². The van der Waals surface area contributed by atoms with Crippen molar-refractivity contribution in [1.29, 1.82) is 0 Å². The van der Waals surface area contributed by atoms with Crippen LogP contribution in [0.25, 0.3) is 0 Å². The molecule has 3 nitrogen and oxygen atoms in total. The number of hydrogen-bond acceptors (Lipinski definition) is 2. The first-order chi connectivity index (χ1) is 9.03. The minimum Gasteiger partial charge on any atom is -0.496 e. The fourth-order valence-electron chi connectivity index (χ4n) is 3.28. The highest BCUT2D eigenvalue weighted by atomic mass is 16.5. The van der Waals surface area contributed by atoms with Gasteiger partial charge in [0.2, 0.25) is 0 Å². The van der Waals surface area contributed by atoms with Gasteiger partial charge in [0.1, 0.15) is 5.75 Å². The second kappa shape index (κ2) is 5.24. The number of benzene rings is 1. The average Bonchev–Trinajstić information content (AvgIpc) is 2.42. The molecule has 0 aromatic heterocycles. The zero-order valence-electron chi connectivity index (χ0n) is 12.0. The predicted molar refractivity (Wildman–Crippen MR) is 74.9 cm³/mol. The fraction of sp³-hybridized carbons (Fsp3) is 0.562. The Balaban J connectivity index is 2.65. The van der Waals surface area contributed by atoms with Gasteiger partial charge < -0.3 is 9.84 Å². The predicted octanol–water partition coefficient (Wildman–Crippen LogP) is 3.60. The maximum atomic E-state index is 12.0. The van der Waals surface area contributed by atoms with Gasteiger partial charge in [0.05, 0.1) is 12.5 Å². The molecule has 1 aromatic carbocycles. The Morgan fingerprint density at radius 3 is 2.37 bits per heavy atom. The van der Waals surface area contributed by atoms with Crippen LogP contribution in [-0.4, -0.2) is 18.2 Å². The molecular formula is C16H22O3. The Morgan fingerprint density at radius 1 is 1.21 bits per heavy atom. The molecule has 0 spiro atoms. The molecular weight excluding hydrogens is 240 g/mol. The van der Waals surface area contributed by atoms with Crippen LogP contribution in [-0.2, 0) is 10.2 Å². The summed E-state index contributed by atoms with van der Waals surface area (Å²) in [7, 11) is 1.62. The Kier molecular flexibility index (Phi) is 3.83. The quantitative estimate of drug-likeness (QED) is 0.905. The highest BCUT2D eigenvalue weighted by Gasteiger charge is 2.44. The molecule has 1 fully saturated rings. The van der Waals surface area contributed by atoms with Crippen LogP contribution < -0.4 is 4.74 Å². The van der Waals surface area contributed by atoms with Gasteiger partial charge in [0.25, 0.3) is 0 Å². The van der Waals surface area contributed by atoms with Crippen LogP contribution in [0, 0.1) is 13.8 Å². The van der Waals surface area contributed by atoms with E-state index in [-0.39, 0.29) is 0 Å². The molecule has 104 valence electrons. The molecule has 0 radical (unpaired) electrons. The lowest BCUT2D eigenvalue weighted by molar-refractivity contribution is -0.145. The van der Waals surface area contributed by atoms with Gasteiger partial charge in [-0.2, -0.15) is 0 Å². The first kappa shape index (κ1) is 13.9. The fourth-order valence-corrected chi connectivity index (χ4v) is 3.28. The number of carboxylic acid groups (broad SMARTS) is 1. The second-order valence-corrected chi connectivity index (χ2v) is 5.53. The van der Waals surface area contributed by atoms with Crippen LogP contribution >= 0.6 is 0 Å². The van der Waals surface area contributed by atoms with Crippen LogP contribution in [0.3, 0.4) is 0 Å². The van der Waals surface area contributed by atoms with Gasteiger partial charge in [-0.1, -0.05) is 25.3 Å². The molecule has 0 aliphatic heterocycles. The van der Waals surface area contributed by atoms with E-state index in [4.69, 9.17) is 4.74 Å². The zero-order valence-corrected chi connectivity index (χ0v) is 12.0. The minimum atomic E-state index is -0.764. The van der Waals surface area contributed by atoms with E-state index in [1.165, 1.54) is 0 Å². The number of ether oxygens (including phenoxy) is 1. The molecule has 0 unspecified atom stereocenters. The lowest BCUT2D eigenvalue weighted by atomic mass is 9.67. The Morgan fingerprint density at radius 2 is 1.84 bits per heavy atom. The highest BCUT2D eigenvalue weighted by molar-refractivity contribution is 5.83. The molecule has 3 heteroatoms. The topological polar surface area (TPSA) is 46.5 Å². The molecule has 1 N–H and O–H groups in total. The number of methoxy groups -OCH3 is 1. The number of carboxylic acids is 1. The first-order valence-corrected chi connectivity index (χ1v) is 6.91. The monoisotopic (exact) mass is 262 g/mol. The summed E-state index contributed by atoms with van der Waals surface area (Å²) in [5.74, 6) is 0.00611. The van der Waals surface area contributed by atoms with Crippen LogP contribution in [0.4, 0.5) is 0 Å². The molecule has 0 atom stereocenters. The number of carbonyl (C=O) groups is 1. The molecule has 0 bridgehead atoms. The smallest absolute Gasteiger partial charge is 0.314 e. The summed E-state index contributed by atoms with van der Waals surface area (Å²) in [6, 6.07) is 3.90. The third-order valence-corrected chi connectivity index (χ3v) is 4.51. The van der Waals surface area contributed by atoms with Crippen molar-refractivity contribution in [2.75, 3.05) is 7.11 Å². The van der Waals surface area contributed by atoms with E-state index >= 15 is 0 Å². The molecule has 1 aliphatic carbocycles. The summed E-state index contributed by atoms with van der Waals surface area (Å²) in [6.07, 6.45) is 4.50. The Bertz CT molecular complexity index is 485. The van der Waals surface area contributed by atoms with Crippen LogP contribution in [0.1, 0.15) is 48.8 Å². The Labute approximate surface area is 114 Å².